The summed E-state index contributed by atoms with van der Waals surface area (Å²) in [5, 5.41) is 3.40. The van der Waals surface area contributed by atoms with E-state index in [-0.39, 0.29) is 11.9 Å². The summed E-state index contributed by atoms with van der Waals surface area (Å²) in [6, 6.07) is 5.95. The maximum atomic E-state index is 12.3. The second kappa shape index (κ2) is 8.29. The molecule has 1 saturated heterocycles. The molecule has 1 aromatic carbocycles. The van der Waals surface area contributed by atoms with Crippen LogP contribution in [0.4, 0.5) is 0 Å². The Kier molecular flexibility index (Phi) is 6.39. The molecule has 1 unspecified atom stereocenters. The van der Waals surface area contributed by atoms with Gasteiger partial charge in [-0.2, -0.15) is 11.8 Å². The number of nitrogens with one attached hydrogen (secondary N) is 1. The third kappa shape index (κ3) is 4.55. The van der Waals surface area contributed by atoms with Gasteiger partial charge in [-0.1, -0.05) is 0 Å². The van der Waals surface area contributed by atoms with Crippen LogP contribution < -0.4 is 14.8 Å². The molecule has 1 aliphatic rings. The van der Waals surface area contributed by atoms with Gasteiger partial charge in [-0.05, 0) is 12.1 Å². The number of ether oxygens (including phenoxy) is 2. The van der Waals surface area contributed by atoms with Crippen molar-refractivity contribution in [1.29, 1.82) is 0 Å². The molecule has 22 heavy (non-hydrogen) atoms. The van der Waals surface area contributed by atoms with Gasteiger partial charge in [0.15, 0.2) is 0 Å². The summed E-state index contributed by atoms with van der Waals surface area (Å²) in [6.45, 7) is 1.52. The first-order valence-corrected chi connectivity index (χ1v) is 8.55. The minimum atomic E-state index is 0.151. The summed E-state index contributed by atoms with van der Waals surface area (Å²) in [4.78, 5) is 14.1. The molecule has 1 fully saturated rings. The van der Waals surface area contributed by atoms with E-state index < -0.39 is 0 Å². The lowest BCUT2D eigenvalue weighted by molar-refractivity contribution is -0.130. The lowest BCUT2D eigenvalue weighted by atomic mass is 10.1. The lowest BCUT2D eigenvalue weighted by Crippen LogP contribution is -2.41. The van der Waals surface area contributed by atoms with Gasteiger partial charge >= 0.3 is 0 Å². The molecule has 5 nitrogen and oxygen atoms in total. The fourth-order valence-electron chi connectivity index (χ4n) is 2.44. The van der Waals surface area contributed by atoms with E-state index >= 15 is 0 Å². The van der Waals surface area contributed by atoms with E-state index in [2.05, 4.69) is 5.32 Å². The highest BCUT2D eigenvalue weighted by molar-refractivity contribution is 7.99. The van der Waals surface area contributed by atoms with Gasteiger partial charge in [0.25, 0.3) is 0 Å². The monoisotopic (exact) mass is 324 g/mol. The number of amides is 1. The zero-order chi connectivity index (χ0) is 15.9. The minimum Gasteiger partial charge on any atom is -0.497 e. The number of benzene rings is 1. The van der Waals surface area contributed by atoms with Crippen LogP contribution in [0.1, 0.15) is 12.0 Å². The van der Waals surface area contributed by atoms with Crippen molar-refractivity contribution in [2.24, 2.45) is 0 Å². The van der Waals surface area contributed by atoms with Gasteiger partial charge < -0.3 is 19.7 Å². The van der Waals surface area contributed by atoms with Crippen LogP contribution in [0, 0.1) is 0 Å². The van der Waals surface area contributed by atoms with Gasteiger partial charge in [-0.25, -0.2) is 0 Å². The van der Waals surface area contributed by atoms with Crippen molar-refractivity contribution in [2.45, 2.75) is 19.0 Å². The third-order valence-electron chi connectivity index (χ3n) is 3.75. The van der Waals surface area contributed by atoms with Crippen LogP contribution in [0.15, 0.2) is 18.2 Å². The maximum absolute atomic E-state index is 12.3. The van der Waals surface area contributed by atoms with Gasteiger partial charge in [0.05, 0.1) is 14.2 Å². The molecule has 1 N–H and O–H groups in total. The summed E-state index contributed by atoms with van der Waals surface area (Å²) >= 11 is 1.90. The van der Waals surface area contributed by atoms with E-state index in [1.54, 1.807) is 19.1 Å². The molecule has 0 spiro atoms. The van der Waals surface area contributed by atoms with Crippen molar-refractivity contribution in [3.8, 4) is 11.5 Å². The molecule has 1 aliphatic heterocycles. The lowest BCUT2D eigenvalue weighted by Gasteiger charge is -2.25. The highest BCUT2D eigenvalue weighted by Crippen LogP contribution is 2.25. The average Bonchev–Trinajstić information content (AvgIpc) is 2.56. The van der Waals surface area contributed by atoms with Crippen molar-refractivity contribution >= 4 is 17.7 Å². The van der Waals surface area contributed by atoms with Crippen LogP contribution in [-0.2, 0) is 11.3 Å². The molecule has 6 heteroatoms. The molecule has 1 atom stereocenters. The first kappa shape index (κ1) is 17.0. The van der Waals surface area contributed by atoms with Crippen LogP contribution in [0.3, 0.4) is 0 Å². The number of methoxy groups -OCH3 is 2. The van der Waals surface area contributed by atoms with Gasteiger partial charge in [-0.3, -0.25) is 4.79 Å². The number of hydrogen-bond donors (Lipinski definition) is 1. The highest BCUT2D eigenvalue weighted by Gasteiger charge is 2.20. The smallest absolute Gasteiger partial charge is 0.224 e. The Balaban J connectivity index is 1.95. The largest absolute Gasteiger partial charge is 0.497 e. The van der Waals surface area contributed by atoms with E-state index in [1.165, 1.54) is 0 Å². The zero-order valence-electron chi connectivity index (χ0n) is 13.4. The van der Waals surface area contributed by atoms with E-state index in [0.29, 0.717) is 13.0 Å². The number of thioether (sulfide) groups is 1. The second-order valence-corrected chi connectivity index (χ2v) is 6.51. The van der Waals surface area contributed by atoms with E-state index in [9.17, 15) is 4.79 Å². The molecule has 0 aliphatic carbocycles. The average molecular weight is 324 g/mol. The van der Waals surface area contributed by atoms with Gasteiger partial charge in [0, 0.05) is 55.7 Å². The molecule has 1 heterocycles. The molecular weight excluding hydrogens is 300 g/mol. The molecule has 122 valence electrons. The van der Waals surface area contributed by atoms with Gasteiger partial charge in [-0.15, -0.1) is 0 Å². The Hall–Kier alpha value is -1.40. The summed E-state index contributed by atoms with van der Waals surface area (Å²) in [7, 11) is 5.09. The van der Waals surface area contributed by atoms with Crippen molar-refractivity contribution < 1.29 is 14.3 Å². The maximum Gasteiger partial charge on any atom is 0.224 e. The Morgan fingerprint density at radius 3 is 2.86 bits per heavy atom. The molecule has 1 aromatic rings. The van der Waals surface area contributed by atoms with Crippen LogP contribution in [-0.4, -0.2) is 56.2 Å². The number of carbonyl (C=O) groups excluding carboxylic acids is 1. The number of carbonyl (C=O) groups is 1. The first-order chi connectivity index (χ1) is 10.6. The minimum absolute atomic E-state index is 0.151. The summed E-state index contributed by atoms with van der Waals surface area (Å²) in [5.41, 5.74) is 0.977. The van der Waals surface area contributed by atoms with Crippen LogP contribution in [0.2, 0.25) is 0 Å². The molecule has 1 amide bonds. The molecule has 0 radical (unpaired) electrons. The first-order valence-electron chi connectivity index (χ1n) is 7.40. The standard InChI is InChI=1S/C16H24N2O3S/c1-18(16(19)8-13-11-22-7-6-17-13)10-12-4-5-14(20-2)9-15(12)21-3/h4-5,9,13,17H,6-8,10-11H2,1-3H3. The van der Waals surface area contributed by atoms with E-state index in [0.717, 1.165) is 35.1 Å². The van der Waals surface area contributed by atoms with Gasteiger partial charge in [0.2, 0.25) is 5.91 Å². The summed E-state index contributed by atoms with van der Waals surface area (Å²) in [6.07, 6.45) is 0.544. The van der Waals surface area contributed by atoms with Crippen LogP contribution >= 0.6 is 11.8 Å². The molecule has 0 aromatic heterocycles. The Labute approximate surface area is 136 Å². The summed E-state index contributed by atoms with van der Waals surface area (Å²) in [5.74, 6) is 3.77. The summed E-state index contributed by atoms with van der Waals surface area (Å²) < 4.78 is 10.6. The highest BCUT2D eigenvalue weighted by atomic mass is 32.2. The predicted molar refractivity (Wildman–Crippen MR) is 89.8 cm³/mol. The Morgan fingerprint density at radius 2 is 2.23 bits per heavy atom. The van der Waals surface area contributed by atoms with Crippen molar-refractivity contribution in [3.63, 3.8) is 0 Å². The Morgan fingerprint density at radius 1 is 1.41 bits per heavy atom. The SMILES string of the molecule is COc1ccc(CN(C)C(=O)CC2CSCCN2)c(OC)c1. The number of nitrogens with zero attached hydrogens (tertiary/aromatic N) is 1. The second-order valence-electron chi connectivity index (χ2n) is 5.36. The Bertz CT molecular complexity index is 504. The van der Waals surface area contributed by atoms with Crippen molar-refractivity contribution in [3.05, 3.63) is 23.8 Å². The third-order valence-corrected chi connectivity index (χ3v) is 4.88. The fraction of sp³-hybridized carbons (Fsp3) is 0.562. The van der Waals surface area contributed by atoms with Crippen molar-refractivity contribution in [2.75, 3.05) is 39.3 Å². The number of hydrogen-bond acceptors (Lipinski definition) is 5. The number of rotatable bonds is 6. The van der Waals surface area contributed by atoms with Crippen LogP contribution in [0.25, 0.3) is 0 Å². The fourth-order valence-corrected chi connectivity index (χ4v) is 3.39. The zero-order valence-corrected chi connectivity index (χ0v) is 14.2. The predicted octanol–water partition coefficient (Wildman–Crippen LogP) is 1.76. The molecule has 2 rings (SSSR count). The van der Waals surface area contributed by atoms with E-state index in [1.807, 2.05) is 37.0 Å². The van der Waals surface area contributed by atoms with Gasteiger partial charge in [0.1, 0.15) is 11.5 Å². The van der Waals surface area contributed by atoms with Crippen molar-refractivity contribution in [1.82, 2.24) is 10.2 Å². The van der Waals surface area contributed by atoms with Crippen LogP contribution in [0.5, 0.6) is 11.5 Å². The molecular formula is C16H24N2O3S. The molecule has 0 bridgehead atoms. The molecule has 0 saturated carbocycles. The topological polar surface area (TPSA) is 50.8 Å². The normalized spacial score (nSPS) is 17.9. The van der Waals surface area contributed by atoms with E-state index in [4.69, 9.17) is 9.47 Å². The quantitative estimate of drug-likeness (QED) is 0.864.